The molecule has 4 nitrogen and oxygen atoms in total. The number of likely N-dealkylation sites (tertiary alicyclic amines) is 1. The Morgan fingerprint density at radius 3 is 2.67 bits per heavy atom. The highest BCUT2D eigenvalue weighted by Gasteiger charge is 2.23. The minimum Gasteiger partial charge on any atom is -0.497 e. The molecule has 2 rings (SSSR count). The topological polar surface area (TPSA) is 46.8 Å². The molecule has 1 radical (unpaired) electrons. The molecule has 0 spiro atoms. The van der Waals surface area contributed by atoms with Crippen molar-refractivity contribution in [3.63, 3.8) is 0 Å². The van der Waals surface area contributed by atoms with Crippen LogP contribution >= 0.6 is 0 Å². The Labute approximate surface area is 109 Å². The number of benzene rings is 1. The summed E-state index contributed by atoms with van der Waals surface area (Å²) in [5.41, 5.74) is 1.19. The number of β-amino-alcohol motifs (C(OH)–C–C–N with tert-alkyl or cyclic N) is 1. The monoisotopic (exact) mass is 249 g/mol. The summed E-state index contributed by atoms with van der Waals surface area (Å²) in [6.45, 7) is 2.60. The lowest BCUT2D eigenvalue weighted by molar-refractivity contribution is 0.172. The lowest BCUT2D eigenvalue weighted by Crippen LogP contribution is -2.30. The van der Waals surface area contributed by atoms with E-state index in [4.69, 9.17) is 4.74 Å². The molecule has 1 aromatic carbocycles. The van der Waals surface area contributed by atoms with Gasteiger partial charge in [-0.2, -0.15) is 0 Å². The molecule has 18 heavy (non-hydrogen) atoms. The van der Waals surface area contributed by atoms with E-state index >= 15 is 0 Å². The van der Waals surface area contributed by atoms with Gasteiger partial charge < -0.3 is 9.84 Å². The van der Waals surface area contributed by atoms with E-state index in [2.05, 4.69) is 22.3 Å². The Morgan fingerprint density at radius 2 is 2.17 bits per heavy atom. The molecule has 1 N–H and O–H groups in total. The van der Waals surface area contributed by atoms with Gasteiger partial charge in [0.2, 0.25) is 0 Å². The zero-order valence-corrected chi connectivity index (χ0v) is 11.0. The van der Waals surface area contributed by atoms with Crippen LogP contribution in [-0.2, 0) is 0 Å². The van der Waals surface area contributed by atoms with E-state index in [9.17, 15) is 5.11 Å². The first-order chi connectivity index (χ1) is 8.72. The Hall–Kier alpha value is -1.10. The first kappa shape index (κ1) is 13.3. The van der Waals surface area contributed by atoms with Gasteiger partial charge in [0.15, 0.2) is 0 Å². The summed E-state index contributed by atoms with van der Waals surface area (Å²) >= 11 is 0. The number of hydrogen-bond acceptors (Lipinski definition) is 3. The second-order valence-electron chi connectivity index (χ2n) is 4.75. The van der Waals surface area contributed by atoms with E-state index < -0.39 is 0 Å². The maximum atomic E-state index is 9.54. The van der Waals surface area contributed by atoms with Gasteiger partial charge in [-0.15, -0.1) is 0 Å². The maximum Gasteiger partial charge on any atom is 0.118 e. The van der Waals surface area contributed by atoms with E-state index in [1.165, 1.54) is 5.56 Å². The highest BCUT2D eigenvalue weighted by molar-refractivity contribution is 5.29. The van der Waals surface area contributed by atoms with Crippen molar-refractivity contribution in [2.24, 2.45) is 0 Å². The van der Waals surface area contributed by atoms with E-state index in [1.807, 2.05) is 19.2 Å². The van der Waals surface area contributed by atoms with Crippen LogP contribution in [0.4, 0.5) is 0 Å². The molecule has 1 aromatic rings. The Kier molecular flexibility index (Phi) is 4.58. The molecule has 1 aliphatic heterocycles. The van der Waals surface area contributed by atoms with E-state index in [0.717, 1.165) is 31.8 Å². The third-order valence-corrected chi connectivity index (χ3v) is 3.49. The molecule has 1 aliphatic rings. The average molecular weight is 249 g/mol. The molecule has 1 saturated heterocycles. The van der Waals surface area contributed by atoms with Crippen molar-refractivity contribution in [1.82, 2.24) is 10.2 Å². The second kappa shape index (κ2) is 6.18. The fraction of sp³-hybridized carbons (Fsp3) is 0.571. The van der Waals surface area contributed by atoms with Gasteiger partial charge in [-0.05, 0) is 24.1 Å². The Morgan fingerprint density at radius 1 is 1.44 bits per heavy atom. The highest BCUT2D eigenvalue weighted by atomic mass is 16.5. The molecule has 1 fully saturated rings. The zero-order valence-electron chi connectivity index (χ0n) is 11.0. The first-order valence-corrected chi connectivity index (χ1v) is 6.36. The van der Waals surface area contributed by atoms with Gasteiger partial charge in [0.25, 0.3) is 0 Å². The number of nitrogens with zero attached hydrogens (tertiary/aromatic N) is 2. The first-order valence-electron chi connectivity index (χ1n) is 6.36. The molecule has 0 amide bonds. The molecule has 1 heterocycles. The third kappa shape index (κ3) is 3.22. The summed E-state index contributed by atoms with van der Waals surface area (Å²) in [5, 5.41) is 14.0. The van der Waals surface area contributed by atoms with Crippen LogP contribution in [-0.4, -0.2) is 49.9 Å². The Bertz CT molecular complexity index is 367. The van der Waals surface area contributed by atoms with Crippen molar-refractivity contribution >= 4 is 0 Å². The molecule has 2 unspecified atom stereocenters. The molecule has 0 aromatic heterocycles. The van der Waals surface area contributed by atoms with Crippen LogP contribution in [0, 0.1) is 0 Å². The van der Waals surface area contributed by atoms with Crippen molar-refractivity contribution in [2.75, 3.05) is 33.8 Å². The molecule has 2 atom stereocenters. The van der Waals surface area contributed by atoms with Gasteiger partial charge in [-0.25, -0.2) is 5.32 Å². The predicted octanol–water partition coefficient (Wildman–Crippen LogP) is 1.04. The van der Waals surface area contributed by atoms with Gasteiger partial charge >= 0.3 is 0 Å². The number of rotatable bonds is 5. The summed E-state index contributed by atoms with van der Waals surface area (Å²) in [6.07, 6.45) is 0.706. The number of ether oxygens (including phenoxy) is 1. The SMILES string of the molecule is C[N]C(CN1CCC(O)C1)c1ccc(OC)cc1. The van der Waals surface area contributed by atoms with Gasteiger partial charge in [0.05, 0.1) is 19.3 Å². The number of hydrogen-bond donors (Lipinski definition) is 1. The largest absolute Gasteiger partial charge is 0.497 e. The van der Waals surface area contributed by atoms with E-state index in [-0.39, 0.29) is 12.1 Å². The zero-order chi connectivity index (χ0) is 13.0. The molecular formula is C14H21N2O2. The highest BCUT2D eigenvalue weighted by Crippen LogP contribution is 2.21. The fourth-order valence-electron chi connectivity index (χ4n) is 2.38. The average Bonchev–Trinajstić information content (AvgIpc) is 2.82. The van der Waals surface area contributed by atoms with E-state index in [1.54, 1.807) is 7.11 Å². The molecular weight excluding hydrogens is 228 g/mol. The molecule has 0 aliphatic carbocycles. The fourth-order valence-corrected chi connectivity index (χ4v) is 2.38. The summed E-state index contributed by atoms with van der Waals surface area (Å²) in [6, 6.07) is 8.21. The van der Waals surface area contributed by atoms with Crippen molar-refractivity contribution < 1.29 is 9.84 Å². The van der Waals surface area contributed by atoms with Crippen molar-refractivity contribution in [3.05, 3.63) is 29.8 Å². The summed E-state index contributed by atoms with van der Waals surface area (Å²) < 4.78 is 5.16. The normalized spacial score (nSPS) is 22.1. The minimum absolute atomic E-state index is 0.168. The summed E-state index contributed by atoms with van der Waals surface area (Å²) in [5.74, 6) is 0.866. The van der Waals surface area contributed by atoms with E-state index in [0.29, 0.717) is 0 Å². The summed E-state index contributed by atoms with van der Waals surface area (Å²) in [4.78, 5) is 2.27. The van der Waals surface area contributed by atoms with Crippen LogP contribution < -0.4 is 10.1 Å². The van der Waals surface area contributed by atoms with Crippen molar-refractivity contribution in [2.45, 2.75) is 18.6 Å². The van der Waals surface area contributed by atoms with Crippen LogP contribution in [0.3, 0.4) is 0 Å². The molecule has 0 saturated carbocycles. The minimum atomic E-state index is -0.168. The molecule has 99 valence electrons. The van der Waals surface area contributed by atoms with Crippen molar-refractivity contribution in [3.8, 4) is 5.75 Å². The standard InChI is InChI=1S/C14H21N2O2/c1-15-14(10-16-8-7-12(17)9-16)11-3-5-13(18-2)6-4-11/h3-6,12,14,17H,7-10H2,1-2H3. The smallest absolute Gasteiger partial charge is 0.118 e. The van der Waals surface area contributed by atoms with Crippen molar-refractivity contribution in [1.29, 1.82) is 0 Å². The number of aliphatic hydroxyl groups excluding tert-OH is 1. The van der Waals surface area contributed by atoms with Crippen LogP contribution in [0.15, 0.2) is 24.3 Å². The number of likely N-dealkylation sites (N-methyl/N-ethyl adjacent to an activating group) is 1. The van der Waals surface area contributed by atoms with Gasteiger partial charge in [-0.1, -0.05) is 12.1 Å². The molecule has 4 heteroatoms. The Balaban J connectivity index is 1.98. The van der Waals surface area contributed by atoms with Crippen LogP contribution in [0.25, 0.3) is 0 Å². The summed E-state index contributed by atoms with van der Waals surface area (Å²) in [7, 11) is 3.52. The van der Waals surface area contributed by atoms with Crippen LogP contribution in [0.2, 0.25) is 0 Å². The number of methoxy groups -OCH3 is 1. The quantitative estimate of drug-likeness (QED) is 0.848. The lowest BCUT2D eigenvalue weighted by Gasteiger charge is -2.22. The third-order valence-electron chi connectivity index (χ3n) is 3.49. The van der Waals surface area contributed by atoms with Gasteiger partial charge in [0, 0.05) is 26.7 Å². The molecule has 0 bridgehead atoms. The van der Waals surface area contributed by atoms with Crippen LogP contribution in [0.1, 0.15) is 18.0 Å². The maximum absolute atomic E-state index is 9.54. The lowest BCUT2D eigenvalue weighted by atomic mass is 10.1. The predicted molar refractivity (Wildman–Crippen MR) is 70.9 cm³/mol. The van der Waals surface area contributed by atoms with Gasteiger partial charge in [-0.3, -0.25) is 4.90 Å². The van der Waals surface area contributed by atoms with Gasteiger partial charge in [0.1, 0.15) is 5.75 Å². The van der Waals surface area contributed by atoms with Crippen LogP contribution in [0.5, 0.6) is 5.75 Å². The number of aliphatic hydroxyl groups is 1. The second-order valence-corrected chi connectivity index (χ2v) is 4.75.